The molecule has 98 valence electrons. The molecule has 0 atom stereocenters. The average Bonchev–Trinajstić information content (AvgIpc) is 2.30. The highest BCUT2D eigenvalue weighted by atomic mass is 16.6. The Labute approximate surface area is 104 Å². The third-order valence-electron chi connectivity index (χ3n) is 2.38. The van der Waals surface area contributed by atoms with Crippen LogP contribution in [-0.2, 0) is 4.79 Å². The van der Waals surface area contributed by atoms with Crippen molar-refractivity contribution in [3.8, 4) is 11.5 Å². The molecule has 0 heterocycles. The molecule has 18 heavy (non-hydrogen) atoms. The van der Waals surface area contributed by atoms with Gasteiger partial charge in [0, 0.05) is 20.0 Å². The van der Waals surface area contributed by atoms with E-state index in [0.29, 0.717) is 6.54 Å². The minimum Gasteiger partial charge on any atom is -0.504 e. The number of non-ortho nitro benzene ring substituents is 1. The normalized spacial score (nSPS) is 9.89. The zero-order valence-corrected chi connectivity index (χ0v) is 10.1. The van der Waals surface area contributed by atoms with Gasteiger partial charge in [-0.3, -0.25) is 14.9 Å². The molecule has 0 aliphatic heterocycles. The highest BCUT2D eigenvalue weighted by molar-refractivity contribution is 5.72. The molecule has 0 fully saturated rings. The fourth-order valence-corrected chi connectivity index (χ4v) is 1.19. The van der Waals surface area contributed by atoms with Crippen molar-refractivity contribution in [1.29, 1.82) is 0 Å². The Morgan fingerprint density at radius 3 is 2.72 bits per heavy atom. The monoisotopic (exact) mass is 254 g/mol. The van der Waals surface area contributed by atoms with Gasteiger partial charge in [0.15, 0.2) is 11.5 Å². The maximum atomic E-state index is 10.9. The molecule has 1 aromatic carbocycles. The Kier molecular flexibility index (Phi) is 4.47. The van der Waals surface area contributed by atoms with Gasteiger partial charge in [0.05, 0.1) is 17.5 Å². The molecule has 1 amide bonds. The summed E-state index contributed by atoms with van der Waals surface area (Å²) < 4.78 is 5.23. The fraction of sp³-hybridized carbons (Fsp3) is 0.364. The van der Waals surface area contributed by atoms with Gasteiger partial charge in [-0.05, 0) is 6.07 Å². The van der Waals surface area contributed by atoms with E-state index in [0.717, 1.165) is 6.07 Å². The summed E-state index contributed by atoms with van der Waals surface area (Å²) in [7, 11) is 1.63. The topological polar surface area (TPSA) is 92.9 Å². The summed E-state index contributed by atoms with van der Waals surface area (Å²) in [5, 5.41) is 20.0. The summed E-state index contributed by atoms with van der Waals surface area (Å²) in [5.74, 6) is -0.237. The largest absolute Gasteiger partial charge is 0.504 e. The summed E-state index contributed by atoms with van der Waals surface area (Å²) in [6.45, 7) is 2.00. The number of carbonyl (C=O) groups is 1. The molecule has 0 aromatic heterocycles. The Bertz CT molecular complexity index is 461. The summed E-state index contributed by atoms with van der Waals surface area (Å²) in [4.78, 5) is 22.2. The first-order chi connectivity index (χ1) is 8.41. The van der Waals surface area contributed by atoms with Crippen LogP contribution in [0.3, 0.4) is 0 Å². The lowest BCUT2D eigenvalue weighted by molar-refractivity contribution is -0.385. The number of likely N-dealkylation sites (N-methyl/N-ethyl adjacent to an activating group) is 1. The molecule has 0 bridgehead atoms. The van der Waals surface area contributed by atoms with Crippen molar-refractivity contribution in [2.24, 2.45) is 0 Å². The molecule has 1 N–H and O–H groups in total. The first-order valence-corrected chi connectivity index (χ1v) is 5.23. The number of carbonyl (C=O) groups excluding carboxylic acids is 1. The Hall–Kier alpha value is -2.31. The molecule has 0 aliphatic carbocycles. The second kappa shape index (κ2) is 5.85. The molecule has 0 saturated carbocycles. The molecule has 0 unspecified atom stereocenters. The van der Waals surface area contributed by atoms with Crippen LogP contribution in [-0.4, -0.2) is 41.0 Å². The molecule has 0 aliphatic rings. The van der Waals surface area contributed by atoms with E-state index < -0.39 is 4.92 Å². The minimum atomic E-state index is -0.604. The second-order valence-electron chi connectivity index (χ2n) is 3.70. The number of nitro benzene ring substituents is 1. The van der Waals surface area contributed by atoms with Crippen LogP contribution in [0.4, 0.5) is 5.69 Å². The van der Waals surface area contributed by atoms with Gasteiger partial charge in [0.2, 0.25) is 5.91 Å². The van der Waals surface area contributed by atoms with Crippen LogP contribution in [0.2, 0.25) is 0 Å². The van der Waals surface area contributed by atoms with Crippen molar-refractivity contribution in [3.63, 3.8) is 0 Å². The van der Waals surface area contributed by atoms with Gasteiger partial charge in [-0.15, -0.1) is 0 Å². The SMILES string of the molecule is CC(=O)N(C)CCOc1ccc([N+](=O)[O-])cc1O. The predicted octanol–water partition coefficient (Wildman–Crippen LogP) is 1.16. The second-order valence-corrected chi connectivity index (χ2v) is 3.70. The minimum absolute atomic E-state index is 0.0912. The number of phenolic OH excluding ortho intramolecular Hbond substituents is 1. The zero-order valence-electron chi connectivity index (χ0n) is 10.1. The Morgan fingerprint density at radius 2 is 2.22 bits per heavy atom. The summed E-state index contributed by atoms with van der Waals surface area (Å²) in [6.07, 6.45) is 0. The number of amides is 1. The van der Waals surface area contributed by atoms with Crippen LogP contribution >= 0.6 is 0 Å². The van der Waals surface area contributed by atoms with E-state index >= 15 is 0 Å². The lowest BCUT2D eigenvalue weighted by atomic mass is 10.3. The Balaban J connectivity index is 2.58. The van der Waals surface area contributed by atoms with E-state index in [4.69, 9.17) is 4.74 Å². The number of hydrogen-bond donors (Lipinski definition) is 1. The van der Waals surface area contributed by atoms with Crippen LogP contribution in [0.1, 0.15) is 6.92 Å². The molecule has 0 spiro atoms. The van der Waals surface area contributed by atoms with Crippen LogP contribution < -0.4 is 4.74 Å². The van der Waals surface area contributed by atoms with Crippen molar-refractivity contribution in [1.82, 2.24) is 4.90 Å². The highest BCUT2D eigenvalue weighted by Gasteiger charge is 2.11. The molecule has 0 saturated heterocycles. The highest BCUT2D eigenvalue weighted by Crippen LogP contribution is 2.29. The molecule has 0 radical (unpaired) electrons. The number of phenols is 1. The number of benzene rings is 1. The first-order valence-electron chi connectivity index (χ1n) is 5.23. The van der Waals surface area contributed by atoms with Crippen LogP contribution in [0.15, 0.2) is 18.2 Å². The van der Waals surface area contributed by atoms with Crippen molar-refractivity contribution < 1.29 is 19.6 Å². The van der Waals surface area contributed by atoms with Gasteiger partial charge in [-0.2, -0.15) is 0 Å². The smallest absolute Gasteiger partial charge is 0.273 e. The number of nitro groups is 1. The number of ether oxygens (including phenoxy) is 1. The molecule has 7 heteroatoms. The zero-order chi connectivity index (χ0) is 13.7. The number of nitrogens with zero attached hydrogens (tertiary/aromatic N) is 2. The van der Waals surface area contributed by atoms with Crippen molar-refractivity contribution >= 4 is 11.6 Å². The quantitative estimate of drug-likeness (QED) is 0.628. The molecule has 1 rings (SSSR count). The van der Waals surface area contributed by atoms with Crippen LogP contribution in [0, 0.1) is 10.1 Å². The maximum Gasteiger partial charge on any atom is 0.273 e. The van der Waals surface area contributed by atoms with Gasteiger partial charge >= 0.3 is 0 Å². The maximum absolute atomic E-state index is 10.9. The van der Waals surface area contributed by atoms with E-state index in [9.17, 15) is 20.0 Å². The van der Waals surface area contributed by atoms with Gasteiger partial charge < -0.3 is 14.7 Å². The first kappa shape index (κ1) is 13.8. The predicted molar refractivity (Wildman–Crippen MR) is 63.6 cm³/mol. The third-order valence-corrected chi connectivity index (χ3v) is 2.38. The fourth-order valence-electron chi connectivity index (χ4n) is 1.19. The molecule has 7 nitrogen and oxygen atoms in total. The Morgan fingerprint density at radius 1 is 1.56 bits per heavy atom. The van der Waals surface area contributed by atoms with Crippen LogP contribution in [0.5, 0.6) is 11.5 Å². The number of hydrogen-bond acceptors (Lipinski definition) is 5. The van der Waals surface area contributed by atoms with E-state index in [1.807, 2.05) is 0 Å². The molecular formula is C11H14N2O5. The van der Waals surface area contributed by atoms with Crippen LogP contribution in [0.25, 0.3) is 0 Å². The van der Waals surface area contributed by atoms with Gasteiger partial charge in [-0.1, -0.05) is 0 Å². The summed E-state index contributed by atoms with van der Waals surface area (Å²) >= 11 is 0. The standard InChI is InChI=1S/C11H14N2O5/c1-8(14)12(2)5-6-18-11-4-3-9(13(16)17)7-10(11)15/h3-4,7,15H,5-6H2,1-2H3. The summed E-state index contributed by atoms with van der Waals surface area (Å²) in [5.41, 5.74) is -0.208. The van der Waals surface area contributed by atoms with Gasteiger partial charge in [-0.25, -0.2) is 0 Å². The van der Waals surface area contributed by atoms with Gasteiger partial charge in [0.25, 0.3) is 5.69 Å². The third kappa shape index (κ3) is 3.62. The molecule has 1 aromatic rings. The summed E-state index contributed by atoms with van der Waals surface area (Å²) in [6, 6.07) is 3.58. The van der Waals surface area contributed by atoms with E-state index in [1.54, 1.807) is 7.05 Å². The van der Waals surface area contributed by atoms with Crippen molar-refractivity contribution in [2.75, 3.05) is 20.2 Å². The molecular weight excluding hydrogens is 240 g/mol. The number of aromatic hydroxyl groups is 1. The van der Waals surface area contributed by atoms with E-state index in [1.165, 1.54) is 24.0 Å². The average molecular weight is 254 g/mol. The lowest BCUT2D eigenvalue weighted by Gasteiger charge is -2.15. The van der Waals surface area contributed by atoms with Gasteiger partial charge in [0.1, 0.15) is 6.61 Å². The van der Waals surface area contributed by atoms with E-state index in [-0.39, 0.29) is 29.7 Å². The van der Waals surface area contributed by atoms with E-state index in [2.05, 4.69) is 0 Å². The number of rotatable bonds is 5. The lowest BCUT2D eigenvalue weighted by Crippen LogP contribution is -2.28. The van der Waals surface area contributed by atoms with Crippen molar-refractivity contribution in [3.05, 3.63) is 28.3 Å². The van der Waals surface area contributed by atoms with Crippen molar-refractivity contribution in [2.45, 2.75) is 6.92 Å².